The van der Waals surface area contributed by atoms with Gasteiger partial charge >= 0.3 is 5.97 Å². The molecule has 1 atom stereocenters. The van der Waals surface area contributed by atoms with Gasteiger partial charge < -0.3 is 14.9 Å². The zero-order valence-electron chi connectivity index (χ0n) is 17.2. The van der Waals surface area contributed by atoms with Crippen LogP contribution in [-0.4, -0.2) is 35.5 Å². The lowest BCUT2D eigenvalue weighted by molar-refractivity contribution is -0.147. The largest absolute Gasteiger partial charge is 0.463 e. The van der Waals surface area contributed by atoms with Gasteiger partial charge in [0.25, 0.3) is 0 Å². The lowest BCUT2D eigenvalue weighted by Crippen LogP contribution is -2.21. The van der Waals surface area contributed by atoms with Gasteiger partial charge in [0.05, 0.1) is 6.61 Å². The number of ether oxygens (including phenoxy) is 1. The topological polar surface area (TPSA) is 66.8 Å². The molecule has 156 valence electrons. The van der Waals surface area contributed by atoms with E-state index < -0.39 is 12.7 Å². The van der Waals surface area contributed by atoms with Crippen LogP contribution in [0.4, 0.5) is 0 Å². The minimum absolute atomic E-state index is 0.136. The van der Waals surface area contributed by atoms with Gasteiger partial charge in [-0.1, -0.05) is 75.5 Å². The monoisotopic (exact) mass is 380 g/mol. The molecule has 0 saturated carbocycles. The summed E-state index contributed by atoms with van der Waals surface area (Å²) in [5.74, 6) is -0.330. The van der Waals surface area contributed by atoms with Gasteiger partial charge in [0.2, 0.25) is 0 Å². The molecule has 4 nitrogen and oxygen atoms in total. The average Bonchev–Trinajstić information content (AvgIpc) is 2.68. The molecular formula is C23H40O4. The molecule has 0 rings (SSSR count). The summed E-state index contributed by atoms with van der Waals surface area (Å²) in [4.78, 5) is 11.4. The highest BCUT2D eigenvalue weighted by Gasteiger charge is 2.06. The third-order valence-corrected chi connectivity index (χ3v) is 4.17. The van der Waals surface area contributed by atoms with E-state index in [1.54, 1.807) is 0 Å². The van der Waals surface area contributed by atoms with E-state index in [0.29, 0.717) is 6.42 Å². The summed E-state index contributed by atoms with van der Waals surface area (Å²) < 4.78 is 4.83. The second-order valence-corrected chi connectivity index (χ2v) is 6.85. The SMILES string of the molecule is CCCCCCCCC=CCC=CCC=CCCCC(=O)OCC(O)CO. The van der Waals surface area contributed by atoms with E-state index in [9.17, 15) is 4.79 Å². The number of hydrogen-bond acceptors (Lipinski definition) is 4. The van der Waals surface area contributed by atoms with E-state index in [2.05, 4.69) is 43.4 Å². The van der Waals surface area contributed by atoms with Crippen molar-refractivity contribution in [2.75, 3.05) is 13.2 Å². The maximum Gasteiger partial charge on any atom is 0.305 e. The predicted molar refractivity (Wildman–Crippen MR) is 113 cm³/mol. The van der Waals surface area contributed by atoms with Gasteiger partial charge in [0.1, 0.15) is 12.7 Å². The van der Waals surface area contributed by atoms with Gasteiger partial charge in [-0.25, -0.2) is 0 Å². The smallest absolute Gasteiger partial charge is 0.305 e. The van der Waals surface area contributed by atoms with E-state index in [0.717, 1.165) is 25.7 Å². The Balaban J connectivity index is 3.42. The standard InChI is InChI=1S/C23H40O4/c1-2-3-4-5-6-7-8-9-10-11-12-13-14-15-16-17-18-19-23(26)27-21-22(25)20-24/h9-10,12-13,15-16,22,24-25H,2-8,11,14,17-21H2,1H3. The highest BCUT2D eigenvalue weighted by Crippen LogP contribution is 2.07. The number of carbonyl (C=O) groups excluding carboxylic acids is 1. The van der Waals surface area contributed by atoms with Crippen LogP contribution in [0.1, 0.15) is 84.0 Å². The molecule has 0 radical (unpaired) electrons. The zero-order valence-corrected chi connectivity index (χ0v) is 17.2. The predicted octanol–water partition coefficient (Wildman–Crippen LogP) is 5.25. The number of allylic oxidation sites excluding steroid dienone is 6. The Morgan fingerprint density at radius 1 is 0.852 bits per heavy atom. The minimum Gasteiger partial charge on any atom is -0.463 e. The van der Waals surface area contributed by atoms with Crippen LogP contribution in [0.5, 0.6) is 0 Å². The molecular weight excluding hydrogens is 340 g/mol. The first-order chi connectivity index (χ1) is 13.2. The molecule has 4 heteroatoms. The van der Waals surface area contributed by atoms with Crippen molar-refractivity contribution in [1.82, 2.24) is 0 Å². The normalized spacial score (nSPS) is 13.1. The molecule has 0 saturated heterocycles. The molecule has 0 spiro atoms. The molecule has 0 bridgehead atoms. The Hall–Kier alpha value is -1.39. The fraction of sp³-hybridized carbons (Fsp3) is 0.696. The Bertz CT molecular complexity index is 413. The van der Waals surface area contributed by atoms with Crippen LogP contribution < -0.4 is 0 Å². The van der Waals surface area contributed by atoms with Gasteiger partial charge in [0.15, 0.2) is 0 Å². The highest BCUT2D eigenvalue weighted by molar-refractivity contribution is 5.69. The molecule has 0 fully saturated rings. The van der Waals surface area contributed by atoms with Gasteiger partial charge in [-0.2, -0.15) is 0 Å². The van der Waals surface area contributed by atoms with Crippen LogP contribution in [0.25, 0.3) is 0 Å². The van der Waals surface area contributed by atoms with Crippen LogP contribution in [0.15, 0.2) is 36.5 Å². The van der Waals surface area contributed by atoms with Gasteiger partial charge in [-0.15, -0.1) is 0 Å². The molecule has 0 aromatic heterocycles. The summed E-state index contributed by atoms with van der Waals surface area (Å²) >= 11 is 0. The van der Waals surface area contributed by atoms with Crippen molar-refractivity contribution >= 4 is 5.97 Å². The van der Waals surface area contributed by atoms with Crippen molar-refractivity contribution in [1.29, 1.82) is 0 Å². The third-order valence-electron chi connectivity index (χ3n) is 4.17. The van der Waals surface area contributed by atoms with E-state index in [1.165, 1.54) is 44.9 Å². The number of aliphatic hydroxyl groups is 2. The van der Waals surface area contributed by atoms with Crippen molar-refractivity contribution in [3.8, 4) is 0 Å². The number of hydrogen-bond donors (Lipinski definition) is 2. The van der Waals surface area contributed by atoms with Crippen LogP contribution in [0, 0.1) is 0 Å². The Kier molecular flexibility index (Phi) is 19.8. The van der Waals surface area contributed by atoms with Crippen molar-refractivity contribution < 1.29 is 19.7 Å². The fourth-order valence-corrected chi connectivity index (χ4v) is 2.50. The molecule has 27 heavy (non-hydrogen) atoms. The molecule has 0 aromatic carbocycles. The molecule has 1 unspecified atom stereocenters. The first kappa shape index (κ1) is 25.6. The number of unbranched alkanes of at least 4 members (excludes halogenated alkanes) is 7. The van der Waals surface area contributed by atoms with Crippen LogP contribution >= 0.6 is 0 Å². The number of rotatable bonds is 18. The van der Waals surface area contributed by atoms with Gasteiger partial charge in [-0.05, 0) is 38.5 Å². The summed E-state index contributed by atoms with van der Waals surface area (Å²) in [5, 5.41) is 17.7. The van der Waals surface area contributed by atoms with Crippen LogP contribution in [-0.2, 0) is 9.53 Å². The van der Waals surface area contributed by atoms with Gasteiger partial charge in [-0.3, -0.25) is 4.79 Å². The van der Waals surface area contributed by atoms with Gasteiger partial charge in [0, 0.05) is 6.42 Å². The van der Waals surface area contributed by atoms with E-state index >= 15 is 0 Å². The second kappa shape index (κ2) is 20.9. The molecule has 0 aliphatic heterocycles. The second-order valence-electron chi connectivity index (χ2n) is 6.85. The molecule has 2 N–H and O–H groups in total. The third kappa shape index (κ3) is 20.8. The fourth-order valence-electron chi connectivity index (χ4n) is 2.50. The molecule has 0 heterocycles. The average molecular weight is 381 g/mol. The Morgan fingerprint density at radius 2 is 1.41 bits per heavy atom. The minimum atomic E-state index is -0.981. The first-order valence-electron chi connectivity index (χ1n) is 10.6. The molecule has 0 aliphatic rings. The van der Waals surface area contributed by atoms with E-state index in [-0.39, 0.29) is 12.6 Å². The maximum atomic E-state index is 11.4. The van der Waals surface area contributed by atoms with Crippen molar-refractivity contribution in [3.05, 3.63) is 36.5 Å². The number of carbonyl (C=O) groups is 1. The van der Waals surface area contributed by atoms with Crippen molar-refractivity contribution in [2.45, 2.75) is 90.1 Å². The van der Waals surface area contributed by atoms with Crippen molar-refractivity contribution in [3.63, 3.8) is 0 Å². The first-order valence-corrected chi connectivity index (χ1v) is 10.6. The number of esters is 1. The summed E-state index contributed by atoms with van der Waals surface area (Å²) in [6, 6.07) is 0. The maximum absolute atomic E-state index is 11.4. The molecule has 0 amide bonds. The van der Waals surface area contributed by atoms with Crippen molar-refractivity contribution in [2.24, 2.45) is 0 Å². The van der Waals surface area contributed by atoms with Crippen LogP contribution in [0.3, 0.4) is 0 Å². The lowest BCUT2D eigenvalue weighted by atomic mass is 10.1. The lowest BCUT2D eigenvalue weighted by Gasteiger charge is -2.07. The molecule has 0 aliphatic carbocycles. The van der Waals surface area contributed by atoms with E-state index in [1.807, 2.05) is 0 Å². The zero-order chi connectivity index (χ0) is 20.0. The quantitative estimate of drug-likeness (QED) is 0.193. The summed E-state index contributed by atoms with van der Waals surface area (Å²) in [6.07, 6.45) is 25.2. The number of aliphatic hydroxyl groups excluding tert-OH is 2. The Morgan fingerprint density at radius 3 is 2.04 bits per heavy atom. The highest BCUT2D eigenvalue weighted by atomic mass is 16.5. The van der Waals surface area contributed by atoms with E-state index in [4.69, 9.17) is 14.9 Å². The summed E-state index contributed by atoms with van der Waals surface area (Å²) in [5.41, 5.74) is 0. The van der Waals surface area contributed by atoms with Crippen LogP contribution in [0.2, 0.25) is 0 Å². The molecule has 0 aromatic rings. The Labute approximate surface area is 166 Å². The summed E-state index contributed by atoms with van der Waals surface area (Å²) in [7, 11) is 0. The summed E-state index contributed by atoms with van der Waals surface area (Å²) in [6.45, 7) is 1.72.